The molecule has 1 saturated heterocycles. The smallest absolute Gasteiger partial charge is 0.310 e. The van der Waals surface area contributed by atoms with Gasteiger partial charge in [-0.05, 0) is 31.9 Å². The average Bonchev–Trinajstić information content (AvgIpc) is 2.38. The Bertz CT molecular complexity index is 406. The molecule has 2 rings (SSSR count). The SMILES string of the molecule is COC(=O)C1CCCN(c2cccc(C)n2)C1. The van der Waals surface area contributed by atoms with Gasteiger partial charge in [-0.3, -0.25) is 4.79 Å². The van der Waals surface area contributed by atoms with Crippen LogP contribution in [-0.2, 0) is 9.53 Å². The van der Waals surface area contributed by atoms with Crippen LogP contribution in [0, 0.1) is 12.8 Å². The molecule has 1 fully saturated rings. The van der Waals surface area contributed by atoms with E-state index in [4.69, 9.17) is 4.74 Å². The molecule has 0 saturated carbocycles. The molecule has 1 atom stereocenters. The van der Waals surface area contributed by atoms with Gasteiger partial charge in [0.25, 0.3) is 0 Å². The number of carbonyl (C=O) groups is 1. The van der Waals surface area contributed by atoms with Gasteiger partial charge in [0, 0.05) is 18.8 Å². The highest BCUT2D eigenvalue weighted by Crippen LogP contribution is 2.22. The number of ether oxygens (including phenoxy) is 1. The summed E-state index contributed by atoms with van der Waals surface area (Å²) in [5.74, 6) is 0.831. The van der Waals surface area contributed by atoms with Gasteiger partial charge in [-0.15, -0.1) is 0 Å². The van der Waals surface area contributed by atoms with Crippen molar-refractivity contribution in [3.8, 4) is 0 Å². The average molecular weight is 234 g/mol. The molecule has 0 amide bonds. The molecule has 4 nitrogen and oxygen atoms in total. The van der Waals surface area contributed by atoms with E-state index in [1.54, 1.807) is 0 Å². The van der Waals surface area contributed by atoms with Crippen molar-refractivity contribution in [3.05, 3.63) is 23.9 Å². The summed E-state index contributed by atoms with van der Waals surface area (Å²) in [6.45, 7) is 3.65. The van der Waals surface area contributed by atoms with Crippen LogP contribution < -0.4 is 4.90 Å². The third kappa shape index (κ3) is 2.75. The van der Waals surface area contributed by atoms with Crippen molar-refractivity contribution in [1.82, 2.24) is 4.98 Å². The summed E-state index contributed by atoms with van der Waals surface area (Å²) < 4.78 is 4.81. The Hall–Kier alpha value is -1.58. The summed E-state index contributed by atoms with van der Waals surface area (Å²) >= 11 is 0. The molecule has 4 heteroatoms. The van der Waals surface area contributed by atoms with E-state index in [2.05, 4.69) is 9.88 Å². The van der Waals surface area contributed by atoms with E-state index < -0.39 is 0 Å². The molecule has 0 aliphatic carbocycles. The van der Waals surface area contributed by atoms with Gasteiger partial charge in [0.05, 0.1) is 13.0 Å². The minimum absolute atomic E-state index is 0.0175. The van der Waals surface area contributed by atoms with Gasteiger partial charge in [-0.25, -0.2) is 4.98 Å². The molecule has 0 aromatic carbocycles. The standard InChI is InChI=1S/C13H18N2O2/c1-10-5-3-7-12(14-10)15-8-4-6-11(9-15)13(16)17-2/h3,5,7,11H,4,6,8-9H2,1-2H3. The van der Waals surface area contributed by atoms with Crippen molar-refractivity contribution >= 4 is 11.8 Å². The number of hydrogen-bond acceptors (Lipinski definition) is 4. The van der Waals surface area contributed by atoms with E-state index in [-0.39, 0.29) is 11.9 Å². The molecule has 0 spiro atoms. The molecule has 92 valence electrons. The minimum atomic E-state index is -0.109. The molecule has 0 bridgehead atoms. The molecular weight excluding hydrogens is 216 g/mol. The minimum Gasteiger partial charge on any atom is -0.469 e. The monoisotopic (exact) mass is 234 g/mol. The zero-order valence-electron chi connectivity index (χ0n) is 10.3. The van der Waals surface area contributed by atoms with Crippen molar-refractivity contribution < 1.29 is 9.53 Å². The maximum absolute atomic E-state index is 11.5. The number of methoxy groups -OCH3 is 1. The summed E-state index contributed by atoms with van der Waals surface area (Å²) in [5, 5.41) is 0. The Balaban J connectivity index is 2.09. The van der Waals surface area contributed by atoms with Crippen molar-refractivity contribution in [2.24, 2.45) is 5.92 Å². The molecule has 1 aliphatic heterocycles. The fourth-order valence-electron chi connectivity index (χ4n) is 2.25. The molecule has 2 heterocycles. The number of anilines is 1. The number of piperidine rings is 1. The number of pyridine rings is 1. The topological polar surface area (TPSA) is 42.4 Å². The number of aromatic nitrogens is 1. The van der Waals surface area contributed by atoms with Gasteiger partial charge in [0.2, 0.25) is 0 Å². The lowest BCUT2D eigenvalue weighted by Crippen LogP contribution is -2.39. The molecule has 1 aromatic heterocycles. The third-order valence-electron chi connectivity index (χ3n) is 3.15. The first-order valence-corrected chi connectivity index (χ1v) is 5.97. The van der Waals surface area contributed by atoms with E-state index in [1.165, 1.54) is 7.11 Å². The molecule has 0 N–H and O–H groups in total. The zero-order valence-corrected chi connectivity index (χ0v) is 10.3. The maximum Gasteiger partial charge on any atom is 0.310 e. The molecular formula is C13H18N2O2. The highest BCUT2D eigenvalue weighted by molar-refractivity contribution is 5.73. The highest BCUT2D eigenvalue weighted by atomic mass is 16.5. The molecule has 1 aliphatic rings. The van der Waals surface area contributed by atoms with Crippen LogP contribution in [0.25, 0.3) is 0 Å². The lowest BCUT2D eigenvalue weighted by Gasteiger charge is -2.32. The normalized spacial score (nSPS) is 20.1. The van der Waals surface area contributed by atoms with Crippen LogP contribution in [0.5, 0.6) is 0 Å². The summed E-state index contributed by atoms with van der Waals surface area (Å²) in [5.41, 5.74) is 1.00. The van der Waals surface area contributed by atoms with Gasteiger partial charge in [0.15, 0.2) is 0 Å². The number of hydrogen-bond donors (Lipinski definition) is 0. The lowest BCUT2D eigenvalue weighted by molar-refractivity contribution is -0.145. The van der Waals surface area contributed by atoms with Gasteiger partial charge < -0.3 is 9.64 Å². The van der Waals surface area contributed by atoms with E-state index in [1.807, 2.05) is 25.1 Å². The second kappa shape index (κ2) is 5.17. The largest absolute Gasteiger partial charge is 0.469 e. The van der Waals surface area contributed by atoms with Gasteiger partial charge in [-0.2, -0.15) is 0 Å². The van der Waals surface area contributed by atoms with Crippen molar-refractivity contribution in [1.29, 1.82) is 0 Å². The van der Waals surface area contributed by atoms with E-state index in [9.17, 15) is 4.79 Å². The van der Waals surface area contributed by atoms with Crippen molar-refractivity contribution in [2.45, 2.75) is 19.8 Å². The van der Waals surface area contributed by atoms with E-state index >= 15 is 0 Å². The Labute approximate surface area is 102 Å². The van der Waals surface area contributed by atoms with Gasteiger partial charge in [0.1, 0.15) is 5.82 Å². The summed E-state index contributed by atoms with van der Waals surface area (Å²) in [6, 6.07) is 5.97. The summed E-state index contributed by atoms with van der Waals surface area (Å²) in [7, 11) is 1.45. The Kier molecular flexibility index (Phi) is 3.61. The van der Waals surface area contributed by atoms with E-state index in [0.717, 1.165) is 30.9 Å². The number of nitrogens with zero attached hydrogens (tertiary/aromatic N) is 2. The first-order chi connectivity index (χ1) is 8.20. The number of carbonyl (C=O) groups excluding carboxylic acids is 1. The molecule has 0 radical (unpaired) electrons. The number of esters is 1. The quantitative estimate of drug-likeness (QED) is 0.731. The van der Waals surface area contributed by atoms with Crippen molar-refractivity contribution in [3.63, 3.8) is 0 Å². The van der Waals surface area contributed by atoms with Crippen LogP contribution in [0.4, 0.5) is 5.82 Å². The first-order valence-electron chi connectivity index (χ1n) is 5.97. The second-order valence-electron chi connectivity index (χ2n) is 4.45. The van der Waals surface area contributed by atoms with Crippen LogP contribution in [-0.4, -0.2) is 31.2 Å². The maximum atomic E-state index is 11.5. The van der Waals surface area contributed by atoms with Gasteiger partial charge >= 0.3 is 5.97 Å². The first kappa shape index (κ1) is 11.9. The predicted molar refractivity (Wildman–Crippen MR) is 65.9 cm³/mol. The van der Waals surface area contributed by atoms with Crippen LogP contribution in [0.1, 0.15) is 18.5 Å². The van der Waals surface area contributed by atoms with Crippen molar-refractivity contribution in [2.75, 3.05) is 25.1 Å². The Morgan fingerprint density at radius 1 is 1.53 bits per heavy atom. The number of aryl methyl sites for hydroxylation is 1. The lowest BCUT2D eigenvalue weighted by atomic mass is 9.98. The second-order valence-corrected chi connectivity index (χ2v) is 4.45. The van der Waals surface area contributed by atoms with Crippen LogP contribution >= 0.6 is 0 Å². The summed E-state index contributed by atoms with van der Waals surface area (Å²) in [6.07, 6.45) is 1.92. The third-order valence-corrected chi connectivity index (χ3v) is 3.15. The van der Waals surface area contributed by atoms with Crippen LogP contribution in [0.2, 0.25) is 0 Å². The predicted octanol–water partition coefficient (Wildman–Crippen LogP) is 1.78. The Morgan fingerprint density at radius 2 is 2.35 bits per heavy atom. The van der Waals surface area contributed by atoms with E-state index in [0.29, 0.717) is 6.54 Å². The molecule has 1 unspecified atom stereocenters. The molecule has 17 heavy (non-hydrogen) atoms. The number of rotatable bonds is 2. The summed E-state index contributed by atoms with van der Waals surface area (Å²) in [4.78, 5) is 18.2. The Morgan fingerprint density at radius 3 is 3.06 bits per heavy atom. The van der Waals surface area contributed by atoms with Crippen LogP contribution in [0.3, 0.4) is 0 Å². The zero-order chi connectivity index (χ0) is 12.3. The van der Waals surface area contributed by atoms with Gasteiger partial charge in [-0.1, -0.05) is 6.07 Å². The molecule has 1 aromatic rings. The fourth-order valence-corrected chi connectivity index (χ4v) is 2.25. The fraction of sp³-hybridized carbons (Fsp3) is 0.538. The van der Waals surface area contributed by atoms with Crippen LogP contribution in [0.15, 0.2) is 18.2 Å². The highest BCUT2D eigenvalue weighted by Gasteiger charge is 2.26.